The molecular formula is C17H32SiTi. The molecule has 0 radical (unpaired) electrons. The Kier molecular flexibility index (Phi) is 12.9. The van der Waals surface area contributed by atoms with Gasteiger partial charge in [-0.25, -0.2) is 6.07 Å². The smallest absolute Gasteiger partial charge is 0.358 e. The molecule has 1 aromatic rings. The van der Waals surface area contributed by atoms with Crippen molar-refractivity contribution in [1.82, 2.24) is 0 Å². The molecule has 0 bridgehead atoms. The molecule has 0 nitrogen and oxygen atoms in total. The molecule has 0 unspecified atom stereocenters. The topological polar surface area (TPSA) is 0 Å². The quantitative estimate of drug-likeness (QED) is 0.556. The minimum absolute atomic E-state index is 0. The predicted molar refractivity (Wildman–Crippen MR) is 89.9 cm³/mol. The molecule has 0 fully saturated rings. The van der Waals surface area contributed by atoms with Crippen LogP contribution < -0.4 is 0 Å². The Morgan fingerprint density at radius 3 is 2.21 bits per heavy atom. The van der Waals surface area contributed by atoms with Gasteiger partial charge in [0.1, 0.15) is 0 Å². The fourth-order valence-electron chi connectivity index (χ4n) is 2.43. The first-order valence-electron chi connectivity index (χ1n) is 6.32. The minimum Gasteiger partial charge on any atom is -0.358 e. The second-order valence-electron chi connectivity index (χ2n) is 6.18. The number of aryl methyl sites for hydroxylation is 2. The first-order valence-corrected chi connectivity index (χ1v) is 8.03. The van der Waals surface area contributed by atoms with Crippen molar-refractivity contribution >= 4 is 9.52 Å². The summed E-state index contributed by atoms with van der Waals surface area (Å²) in [7, 11) is 0.0538. The third-order valence-corrected chi connectivity index (χ3v) is 5.76. The molecule has 1 aromatic carbocycles. The maximum Gasteiger partial charge on any atom is 4.00 e. The van der Waals surface area contributed by atoms with Crippen molar-refractivity contribution in [3.05, 3.63) is 51.1 Å². The fourth-order valence-corrected chi connectivity index (χ4v) is 3.76. The summed E-state index contributed by atoms with van der Waals surface area (Å²) in [5, 5.41) is 0.609. The largest absolute Gasteiger partial charge is 4.00 e. The van der Waals surface area contributed by atoms with Gasteiger partial charge in [-0.15, -0.1) is 0 Å². The van der Waals surface area contributed by atoms with Gasteiger partial charge in [0.2, 0.25) is 0 Å². The van der Waals surface area contributed by atoms with E-state index in [1.165, 1.54) is 31.7 Å². The maximum absolute atomic E-state index is 2.49. The van der Waals surface area contributed by atoms with Crippen LogP contribution in [-0.4, -0.2) is 9.52 Å². The summed E-state index contributed by atoms with van der Waals surface area (Å²) in [5.41, 5.74) is 4.97. The molecule has 0 aliphatic heterocycles. The van der Waals surface area contributed by atoms with E-state index in [0.29, 0.717) is 5.04 Å². The number of hydrogen-bond donors (Lipinski definition) is 0. The summed E-state index contributed by atoms with van der Waals surface area (Å²) in [4.78, 5) is 0. The molecule has 2 heteroatoms. The molecular weight excluding hydrogens is 280 g/mol. The maximum atomic E-state index is 2.49. The minimum atomic E-state index is 0. The van der Waals surface area contributed by atoms with Gasteiger partial charge in [0.25, 0.3) is 0 Å². The van der Waals surface area contributed by atoms with Gasteiger partial charge in [0.15, 0.2) is 0 Å². The number of fused-ring (bicyclic) bond motifs is 1. The van der Waals surface area contributed by atoms with E-state index in [0.717, 1.165) is 0 Å². The molecule has 0 saturated carbocycles. The molecule has 0 N–H and O–H groups in total. The van der Waals surface area contributed by atoms with E-state index in [4.69, 9.17) is 0 Å². The monoisotopic (exact) mass is 312 g/mol. The summed E-state index contributed by atoms with van der Waals surface area (Å²) in [5.74, 6) is 0. The first-order chi connectivity index (χ1) is 7.04. The van der Waals surface area contributed by atoms with Crippen LogP contribution in [0.4, 0.5) is 0 Å². The van der Waals surface area contributed by atoms with Crippen molar-refractivity contribution in [2.45, 2.75) is 57.5 Å². The normalized spacial score (nSPS) is 13.6. The van der Waals surface area contributed by atoms with Crippen molar-refractivity contribution < 1.29 is 21.7 Å². The average Bonchev–Trinajstić information content (AvgIpc) is 2.56. The van der Waals surface area contributed by atoms with E-state index in [1.54, 1.807) is 16.7 Å². The molecule has 1 aliphatic rings. The van der Waals surface area contributed by atoms with Gasteiger partial charge in [-0.3, -0.25) is 0 Å². The van der Waals surface area contributed by atoms with Crippen LogP contribution in [0.2, 0.25) is 5.04 Å². The van der Waals surface area contributed by atoms with Gasteiger partial charge in [-0.05, 0) is 5.04 Å². The molecule has 0 saturated heterocycles. The zero-order valence-electron chi connectivity index (χ0n) is 13.9. The summed E-state index contributed by atoms with van der Waals surface area (Å²) < 4.78 is 0. The molecule has 2 rings (SSSR count). The summed E-state index contributed by atoms with van der Waals surface area (Å²) in [6.45, 7) is 7.17. The third kappa shape index (κ3) is 7.58. The van der Waals surface area contributed by atoms with E-state index in [1.807, 2.05) is 0 Å². The Hall–Kier alpha value is 0.281. The van der Waals surface area contributed by atoms with Crippen LogP contribution in [0, 0.1) is 22.3 Å². The van der Waals surface area contributed by atoms with E-state index in [9.17, 15) is 0 Å². The van der Waals surface area contributed by atoms with Crippen LogP contribution in [0.5, 0.6) is 0 Å². The Morgan fingerprint density at radius 1 is 1.11 bits per heavy atom. The Morgan fingerprint density at radius 2 is 1.68 bits per heavy atom. The summed E-state index contributed by atoms with van der Waals surface area (Å²) in [6, 6.07) is 6.39. The molecule has 108 valence electrons. The van der Waals surface area contributed by atoms with Crippen molar-refractivity contribution in [1.29, 1.82) is 0 Å². The Labute approximate surface area is 139 Å². The zero-order valence-corrected chi connectivity index (χ0v) is 16.9. The standard InChI is InChI=1S/C14H23Si.3CH3.Ti/c1-14(2,3)15-10-11-8-12-6-4-5-7-13(12)9-11;;;;/h8-9H,4-7,10,15H2,1-3H3;3*1H3;/q4*-1;+4. The molecule has 0 amide bonds. The van der Waals surface area contributed by atoms with E-state index in [-0.39, 0.29) is 53.5 Å². The van der Waals surface area contributed by atoms with Gasteiger partial charge in [0.05, 0.1) is 0 Å². The average molecular weight is 312 g/mol. The summed E-state index contributed by atoms with van der Waals surface area (Å²) in [6.07, 6.45) is 5.50. The van der Waals surface area contributed by atoms with Crippen LogP contribution >= 0.6 is 0 Å². The van der Waals surface area contributed by atoms with E-state index in [2.05, 4.69) is 32.9 Å². The van der Waals surface area contributed by atoms with Crippen molar-refractivity contribution in [3.8, 4) is 0 Å². The fraction of sp³-hybridized carbons (Fsp3) is 0.529. The van der Waals surface area contributed by atoms with Gasteiger partial charge in [0, 0.05) is 9.52 Å². The Balaban J connectivity index is -0.000000640. The number of rotatable bonds is 2. The molecule has 0 atom stereocenters. The molecule has 0 heterocycles. The van der Waals surface area contributed by atoms with E-state index >= 15 is 0 Å². The molecule has 0 spiro atoms. The van der Waals surface area contributed by atoms with Crippen molar-refractivity contribution in [3.63, 3.8) is 0 Å². The predicted octanol–water partition coefficient (Wildman–Crippen LogP) is 4.52. The van der Waals surface area contributed by atoms with Crippen LogP contribution in [0.3, 0.4) is 0 Å². The zero-order chi connectivity index (χ0) is 10.9. The molecule has 1 aliphatic carbocycles. The van der Waals surface area contributed by atoms with Crippen LogP contribution in [0.15, 0.2) is 12.1 Å². The van der Waals surface area contributed by atoms with Crippen molar-refractivity contribution in [2.24, 2.45) is 0 Å². The second kappa shape index (κ2) is 10.1. The third-order valence-electron chi connectivity index (χ3n) is 3.44. The SMILES string of the molecule is CC(C)(C)[SiH2]Cc1cc2c([cH-]1)CCCC2.[CH3-].[CH3-].[CH3-].[Ti+4]. The van der Waals surface area contributed by atoms with Gasteiger partial charge in [-0.1, -0.05) is 52.5 Å². The van der Waals surface area contributed by atoms with Gasteiger partial charge >= 0.3 is 21.7 Å². The van der Waals surface area contributed by atoms with E-state index < -0.39 is 0 Å². The van der Waals surface area contributed by atoms with Crippen LogP contribution in [-0.2, 0) is 40.6 Å². The second-order valence-corrected chi connectivity index (χ2v) is 9.30. The summed E-state index contributed by atoms with van der Waals surface area (Å²) >= 11 is 0. The van der Waals surface area contributed by atoms with Gasteiger partial charge in [-0.2, -0.15) is 22.8 Å². The molecule has 0 aromatic heterocycles. The van der Waals surface area contributed by atoms with Gasteiger partial charge < -0.3 is 22.3 Å². The first kappa shape index (κ1) is 24.3. The molecule has 19 heavy (non-hydrogen) atoms. The Bertz CT molecular complexity index is 310. The van der Waals surface area contributed by atoms with Crippen molar-refractivity contribution in [2.75, 3.05) is 0 Å². The van der Waals surface area contributed by atoms with Crippen LogP contribution in [0.1, 0.15) is 50.3 Å². The number of hydrogen-bond acceptors (Lipinski definition) is 0. The van der Waals surface area contributed by atoms with Crippen LogP contribution in [0.25, 0.3) is 0 Å².